The highest BCUT2D eigenvalue weighted by Gasteiger charge is 2.33. The fourth-order valence-electron chi connectivity index (χ4n) is 3.60. The van der Waals surface area contributed by atoms with Gasteiger partial charge in [-0.05, 0) is 18.8 Å². The van der Waals surface area contributed by atoms with E-state index in [-0.39, 0.29) is 0 Å². The minimum absolute atomic E-state index is 0.636. The number of anilines is 2. The smallest absolute Gasteiger partial charge is 0.179 e. The van der Waals surface area contributed by atoms with Gasteiger partial charge in [-0.3, -0.25) is 0 Å². The van der Waals surface area contributed by atoms with E-state index in [1.54, 1.807) is 6.33 Å². The summed E-state index contributed by atoms with van der Waals surface area (Å²) in [5, 5.41) is 3.47. The first-order chi connectivity index (χ1) is 9.34. The van der Waals surface area contributed by atoms with Gasteiger partial charge in [0, 0.05) is 6.04 Å². The van der Waals surface area contributed by atoms with Crippen LogP contribution in [0.2, 0.25) is 0 Å². The molecule has 1 fully saturated rings. The molecule has 1 saturated carbocycles. The van der Waals surface area contributed by atoms with Crippen molar-refractivity contribution < 1.29 is 0 Å². The molecule has 0 saturated heterocycles. The van der Waals surface area contributed by atoms with E-state index in [2.05, 4.69) is 32.1 Å². The first kappa shape index (κ1) is 11.1. The monoisotopic (exact) mass is 257 g/mol. The van der Waals surface area contributed by atoms with Gasteiger partial charge in [0.15, 0.2) is 5.65 Å². The number of aromatic nitrogens is 3. The van der Waals surface area contributed by atoms with Gasteiger partial charge in [0.1, 0.15) is 5.52 Å². The van der Waals surface area contributed by atoms with Crippen LogP contribution in [0.1, 0.15) is 32.6 Å². The summed E-state index contributed by atoms with van der Waals surface area (Å²) in [5.74, 6) is 0.757. The number of pyridine rings is 1. The normalized spacial score (nSPS) is 26.5. The molecule has 2 aromatic rings. The van der Waals surface area contributed by atoms with E-state index < -0.39 is 0 Å². The Labute approximate surface area is 112 Å². The fourth-order valence-corrected chi connectivity index (χ4v) is 3.60. The second kappa shape index (κ2) is 4.11. The molecule has 0 aromatic carbocycles. The predicted octanol–water partition coefficient (Wildman–Crippen LogP) is 2.73. The lowest BCUT2D eigenvalue weighted by Gasteiger charge is -2.37. The standard InChI is InChI=1S/C14H19N5/c1-9-4-2-3-5-11(9)19-8-18-10-6-15-14-12(13(10)19)16-7-17-14/h6-7,9,11,18H,2-5,8H2,1H3,(H,15,16,17)/t9-,11+/m1/s1. The molecule has 5 nitrogen and oxygen atoms in total. The number of rotatable bonds is 1. The summed E-state index contributed by atoms with van der Waals surface area (Å²) in [6.07, 6.45) is 9.00. The maximum Gasteiger partial charge on any atom is 0.179 e. The van der Waals surface area contributed by atoms with Gasteiger partial charge in [0.25, 0.3) is 0 Å². The van der Waals surface area contributed by atoms with Crippen molar-refractivity contribution in [3.63, 3.8) is 0 Å². The van der Waals surface area contributed by atoms with Crippen molar-refractivity contribution in [3.05, 3.63) is 12.5 Å². The Hall–Kier alpha value is -1.78. The summed E-state index contributed by atoms with van der Waals surface area (Å²) in [7, 11) is 0. The predicted molar refractivity (Wildman–Crippen MR) is 76.3 cm³/mol. The molecule has 0 unspecified atom stereocenters. The zero-order valence-corrected chi connectivity index (χ0v) is 11.2. The molecule has 2 N–H and O–H groups in total. The van der Waals surface area contributed by atoms with Crippen molar-refractivity contribution in [1.29, 1.82) is 0 Å². The van der Waals surface area contributed by atoms with Crippen LogP contribution in [0.4, 0.5) is 11.4 Å². The molecule has 0 bridgehead atoms. The second-order valence-corrected chi connectivity index (χ2v) is 5.76. The van der Waals surface area contributed by atoms with Crippen molar-refractivity contribution in [2.24, 2.45) is 5.92 Å². The molecule has 1 aliphatic heterocycles. The number of imidazole rings is 1. The van der Waals surface area contributed by atoms with E-state index in [9.17, 15) is 0 Å². The Bertz CT molecular complexity index is 605. The molecular formula is C14H19N5. The van der Waals surface area contributed by atoms with Crippen molar-refractivity contribution in [2.45, 2.75) is 38.6 Å². The highest BCUT2D eigenvalue weighted by Crippen LogP contribution is 2.41. The largest absolute Gasteiger partial charge is 0.365 e. The zero-order valence-electron chi connectivity index (χ0n) is 11.2. The number of nitrogens with zero attached hydrogens (tertiary/aromatic N) is 3. The maximum absolute atomic E-state index is 4.38. The quantitative estimate of drug-likeness (QED) is 0.824. The third kappa shape index (κ3) is 1.60. The van der Waals surface area contributed by atoms with Crippen LogP contribution >= 0.6 is 0 Å². The van der Waals surface area contributed by atoms with Crippen molar-refractivity contribution in [3.8, 4) is 0 Å². The lowest BCUT2D eigenvalue weighted by molar-refractivity contribution is 0.318. The van der Waals surface area contributed by atoms with E-state index in [0.29, 0.717) is 6.04 Å². The number of H-pyrrole nitrogens is 1. The maximum atomic E-state index is 4.38. The molecular weight excluding hydrogens is 238 g/mol. The van der Waals surface area contributed by atoms with Crippen LogP contribution in [-0.2, 0) is 0 Å². The number of nitrogens with one attached hydrogen (secondary N) is 2. The van der Waals surface area contributed by atoms with Crippen LogP contribution in [0, 0.1) is 5.92 Å². The molecule has 0 radical (unpaired) electrons. The van der Waals surface area contributed by atoms with E-state index >= 15 is 0 Å². The molecule has 4 rings (SSSR count). The molecule has 0 spiro atoms. The van der Waals surface area contributed by atoms with Crippen LogP contribution < -0.4 is 10.2 Å². The van der Waals surface area contributed by atoms with Gasteiger partial charge in [-0.25, -0.2) is 9.97 Å². The molecule has 100 valence electrons. The Kier molecular flexibility index (Phi) is 2.40. The minimum atomic E-state index is 0.636. The Morgan fingerprint density at radius 1 is 1.26 bits per heavy atom. The summed E-state index contributed by atoms with van der Waals surface area (Å²) in [6.45, 7) is 3.28. The van der Waals surface area contributed by atoms with Gasteiger partial charge in [-0.2, -0.15) is 0 Å². The fraction of sp³-hybridized carbons (Fsp3) is 0.571. The van der Waals surface area contributed by atoms with Crippen LogP contribution in [0.5, 0.6) is 0 Å². The highest BCUT2D eigenvalue weighted by molar-refractivity contribution is 5.96. The van der Waals surface area contributed by atoms with Crippen molar-refractivity contribution in [1.82, 2.24) is 15.0 Å². The van der Waals surface area contributed by atoms with Gasteiger partial charge < -0.3 is 15.2 Å². The first-order valence-electron chi connectivity index (χ1n) is 7.17. The number of fused-ring (bicyclic) bond motifs is 3. The summed E-state index contributed by atoms with van der Waals surface area (Å²) in [5.41, 5.74) is 4.28. The summed E-state index contributed by atoms with van der Waals surface area (Å²) < 4.78 is 0. The average Bonchev–Trinajstić information content (AvgIpc) is 3.04. The van der Waals surface area contributed by atoms with Crippen LogP contribution in [0.3, 0.4) is 0 Å². The Balaban J connectivity index is 1.80. The average molecular weight is 257 g/mol. The van der Waals surface area contributed by atoms with E-state index in [1.165, 1.54) is 31.4 Å². The zero-order chi connectivity index (χ0) is 12.8. The van der Waals surface area contributed by atoms with Crippen LogP contribution in [0.25, 0.3) is 11.2 Å². The second-order valence-electron chi connectivity index (χ2n) is 5.76. The summed E-state index contributed by atoms with van der Waals surface area (Å²) >= 11 is 0. The number of hydrogen-bond donors (Lipinski definition) is 2. The van der Waals surface area contributed by atoms with Crippen LogP contribution in [0.15, 0.2) is 12.5 Å². The SMILES string of the molecule is C[C@@H]1CCCC[C@@H]1N1CNc2cnc3nc[nH]c3c21. The van der Waals surface area contributed by atoms with Gasteiger partial charge in [-0.15, -0.1) is 0 Å². The summed E-state index contributed by atoms with van der Waals surface area (Å²) in [4.78, 5) is 14.4. The minimum Gasteiger partial charge on any atom is -0.365 e. The molecule has 19 heavy (non-hydrogen) atoms. The molecule has 2 aromatic heterocycles. The van der Waals surface area contributed by atoms with E-state index in [0.717, 1.165) is 29.4 Å². The molecule has 2 aliphatic rings. The van der Waals surface area contributed by atoms with E-state index in [4.69, 9.17) is 0 Å². The molecule has 0 amide bonds. The summed E-state index contributed by atoms with van der Waals surface area (Å²) in [6, 6.07) is 0.636. The van der Waals surface area contributed by atoms with Gasteiger partial charge in [0.2, 0.25) is 0 Å². The molecule has 3 heterocycles. The first-order valence-corrected chi connectivity index (χ1v) is 7.17. The van der Waals surface area contributed by atoms with Gasteiger partial charge in [0.05, 0.1) is 30.6 Å². The Morgan fingerprint density at radius 3 is 3.05 bits per heavy atom. The van der Waals surface area contributed by atoms with Gasteiger partial charge in [-0.1, -0.05) is 19.8 Å². The molecule has 2 atom stereocenters. The van der Waals surface area contributed by atoms with E-state index in [1.807, 2.05) is 6.20 Å². The van der Waals surface area contributed by atoms with Crippen molar-refractivity contribution in [2.75, 3.05) is 16.9 Å². The third-order valence-corrected chi connectivity index (χ3v) is 4.62. The Morgan fingerprint density at radius 2 is 2.16 bits per heavy atom. The topological polar surface area (TPSA) is 56.8 Å². The lowest BCUT2D eigenvalue weighted by Crippen LogP contribution is -2.41. The van der Waals surface area contributed by atoms with Gasteiger partial charge >= 0.3 is 0 Å². The highest BCUT2D eigenvalue weighted by atomic mass is 15.3. The lowest BCUT2D eigenvalue weighted by atomic mass is 9.85. The van der Waals surface area contributed by atoms with Crippen LogP contribution in [-0.4, -0.2) is 27.7 Å². The molecule has 1 aliphatic carbocycles. The number of hydrogen-bond acceptors (Lipinski definition) is 4. The molecule has 5 heteroatoms. The van der Waals surface area contributed by atoms with Crippen molar-refractivity contribution >= 4 is 22.5 Å². The number of aromatic amines is 1. The third-order valence-electron chi connectivity index (χ3n) is 4.62.